The average Bonchev–Trinajstić information content (AvgIpc) is 2.84. The number of aromatic nitrogens is 3. The van der Waals surface area contributed by atoms with Crippen molar-refractivity contribution in [2.24, 2.45) is 13.0 Å². The van der Waals surface area contributed by atoms with Crippen LogP contribution in [0.1, 0.15) is 37.7 Å². The van der Waals surface area contributed by atoms with Gasteiger partial charge in [-0.25, -0.2) is 4.98 Å². The number of nitrogens with one attached hydrogen (secondary N) is 1. The lowest BCUT2D eigenvalue weighted by atomic mass is 9.97. The maximum Gasteiger partial charge on any atom is 0.151 e. The SMILES string of the molecule is CC(C)CC(NCCc1ncn(C)n1)c1ccccc1. The number of rotatable bonds is 7. The summed E-state index contributed by atoms with van der Waals surface area (Å²) in [6, 6.07) is 11.1. The zero-order valence-corrected chi connectivity index (χ0v) is 12.6. The van der Waals surface area contributed by atoms with E-state index in [0.717, 1.165) is 25.2 Å². The van der Waals surface area contributed by atoms with Crippen LogP contribution >= 0.6 is 0 Å². The Morgan fingerprint density at radius 1 is 1.20 bits per heavy atom. The molecule has 1 aromatic carbocycles. The van der Waals surface area contributed by atoms with E-state index in [9.17, 15) is 0 Å². The Morgan fingerprint density at radius 2 is 1.95 bits per heavy atom. The van der Waals surface area contributed by atoms with Gasteiger partial charge in [-0.3, -0.25) is 4.68 Å². The lowest BCUT2D eigenvalue weighted by Gasteiger charge is -2.21. The first-order chi connectivity index (χ1) is 9.65. The maximum absolute atomic E-state index is 4.31. The van der Waals surface area contributed by atoms with Crippen molar-refractivity contribution in [3.05, 3.63) is 48.0 Å². The van der Waals surface area contributed by atoms with Gasteiger partial charge < -0.3 is 5.32 Å². The first-order valence-corrected chi connectivity index (χ1v) is 7.28. The highest BCUT2D eigenvalue weighted by Gasteiger charge is 2.12. The van der Waals surface area contributed by atoms with Crippen LogP contribution in [-0.2, 0) is 13.5 Å². The minimum Gasteiger partial charge on any atom is -0.309 e. The highest BCUT2D eigenvalue weighted by molar-refractivity contribution is 5.18. The molecule has 1 unspecified atom stereocenters. The van der Waals surface area contributed by atoms with Gasteiger partial charge in [0.25, 0.3) is 0 Å². The topological polar surface area (TPSA) is 42.7 Å². The van der Waals surface area contributed by atoms with Crippen LogP contribution in [0, 0.1) is 5.92 Å². The molecular formula is C16H24N4. The van der Waals surface area contributed by atoms with Gasteiger partial charge in [0.1, 0.15) is 6.33 Å². The van der Waals surface area contributed by atoms with Crippen molar-refractivity contribution in [3.63, 3.8) is 0 Å². The van der Waals surface area contributed by atoms with Crippen molar-refractivity contribution >= 4 is 0 Å². The van der Waals surface area contributed by atoms with Gasteiger partial charge in [-0.15, -0.1) is 0 Å². The van der Waals surface area contributed by atoms with E-state index >= 15 is 0 Å². The molecule has 0 aliphatic carbocycles. The summed E-state index contributed by atoms with van der Waals surface area (Å²) in [5, 5.41) is 7.94. The van der Waals surface area contributed by atoms with Crippen LogP contribution in [0.15, 0.2) is 36.7 Å². The third-order valence-corrected chi connectivity index (χ3v) is 3.30. The Hall–Kier alpha value is -1.68. The summed E-state index contributed by atoms with van der Waals surface area (Å²) < 4.78 is 1.75. The molecule has 0 aliphatic heterocycles. The van der Waals surface area contributed by atoms with Gasteiger partial charge in [0.2, 0.25) is 0 Å². The fourth-order valence-corrected chi connectivity index (χ4v) is 2.35. The molecule has 2 aromatic rings. The van der Waals surface area contributed by atoms with Gasteiger partial charge in [0.05, 0.1) is 0 Å². The molecule has 0 saturated carbocycles. The highest BCUT2D eigenvalue weighted by Crippen LogP contribution is 2.20. The van der Waals surface area contributed by atoms with Crippen LogP contribution in [0.5, 0.6) is 0 Å². The molecule has 0 aliphatic rings. The zero-order chi connectivity index (χ0) is 14.4. The van der Waals surface area contributed by atoms with Gasteiger partial charge in [0, 0.05) is 26.1 Å². The summed E-state index contributed by atoms with van der Waals surface area (Å²) in [6.07, 6.45) is 3.75. The van der Waals surface area contributed by atoms with Gasteiger partial charge in [-0.05, 0) is 17.9 Å². The lowest BCUT2D eigenvalue weighted by molar-refractivity contribution is 0.430. The van der Waals surface area contributed by atoms with Crippen LogP contribution in [-0.4, -0.2) is 21.3 Å². The molecule has 0 radical (unpaired) electrons. The van der Waals surface area contributed by atoms with E-state index in [1.54, 1.807) is 11.0 Å². The molecule has 0 amide bonds. The normalized spacial score (nSPS) is 12.8. The number of benzene rings is 1. The third kappa shape index (κ3) is 4.46. The van der Waals surface area contributed by atoms with Gasteiger partial charge in [-0.1, -0.05) is 44.2 Å². The molecular weight excluding hydrogens is 248 g/mol. The molecule has 20 heavy (non-hydrogen) atoms. The van der Waals surface area contributed by atoms with Crippen LogP contribution < -0.4 is 5.32 Å². The van der Waals surface area contributed by atoms with Crippen molar-refractivity contribution in [2.75, 3.05) is 6.54 Å². The molecule has 4 nitrogen and oxygen atoms in total. The van der Waals surface area contributed by atoms with Crippen molar-refractivity contribution in [2.45, 2.75) is 32.7 Å². The van der Waals surface area contributed by atoms with Crippen molar-refractivity contribution in [1.29, 1.82) is 0 Å². The van der Waals surface area contributed by atoms with Crippen molar-refractivity contribution in [3.8, 4) is 0 Å². The summed E-state index contributed by atoms with van der Waals surface area (Å²) >= 11 is 0. The average molecular weight is 272 g/mol. The predicted molar refractivity (Wildman–Crippen MR) is 81.3 cm³/mol. The first kappa shape index (κ1) is 14.7. The molecule has 0 fully saturated rings. The monoisotopic (exact) mass is 272 g/mol. The lowest BCUT2D eigenvalue weighted by Crippen LogP contribution is -2.25. The molecule has 1 N–H and O–H groups in total. The number of hydrogen-bond donors (Lipinski definition) is 1. The number of hydrogen-bond acceptors (Lipinski definition) is 3. The smallest absolute Gasteiger partial charge is 0.151 e. The molecule has 1 aromatic heterocycles. The Bertz CT molecular complexity index is 504. The molecule has 2 rings (SSSR count). The molecule has 0 saturated heterocycles. The zero-order valence-electron chi connectivity index (χ0n) is 12.6. The van der Waals surface area contributed by atoms with Crippen LogP contribution in [0.3, 0.4) is 0 Å². The van der Waals surface area contributed by atoms with E-state index in [4.69, 9.17) is 0 Å². The largest absolute Gasteiger partial charge is 0.309 e. The number of nitrogens with zero attached hydrogens (tertiary/aromatic N) is 3. The molecule has 0 spiro atoms. The Kier molecular flexibility index (Phi) is 5.30. The fourth-order valence-electron chi connectivity index (χ4n) is 2.35. The van der Waals surface area contributed by atoms with E-state index < -0.39 is 0 Å². The summed E-state index contributed by atoms with van der Waals surface area (Å²) in [4.78, 5) is 4.26. The van der Waals surface area contributed by atoms with Crippen molar-refractivity contribution < 1.29 is 0 Å². The molecule has 1 atom stereocenters. The second kappa shape index (κ2) is 7.20. The minimum atomic E-state index is 0.403. The van der Waals surface area contributed by atoms with E-state index in [-0.39, 0.29) is 0 Å². The molecule has 108 valence electrons. The van der Waals surface area contributed by atoms with Gasteiger partial charge >= 0.3 is 0 Å². The van der Waals surface area contributed by atoms with Crippen LogP contribution in [0.4, 0.5) is 0 Å². The molecule has 4 heteroatoms. The minimum absolute atomic E-state index is 0.403. The van der Waals surface area contributed by atoms with E-state index in [1.165, 1.54) is 5.56 Å². The molecule has 0 bridgehead atoms. The van der Waals surface area contributed by atoms with Crippen LogP contribution in [0.2, 0.25) is 0 Å². The Morgan fingerprint density at radius 3 is 2.55 bits per heavy atom. The van der Waals surface area contributed by atoms with E-state index in [1.807, 2.05) is 7.05 Å². The Balaban J connectivity index is 1.91. The van der Waals surface area contributed by atoms with Gasteiger partial charge in [-0.2, -0.15) is 5.10 Å². The van der Waals surface area contributed by atoms with Crippen molar-refractivity contribution in [1.82, 2.24) is 20.1 Å². The Labute approximate surface area is 121 Å². The summed E-state index contributed by atoms with van der Waals surface area (Å²) in [5.74, 6) is 1.57. The third-order valence-electron chi connectivity index (χ3n) is 3.30. The first-order valence-electron chi connectivity index (χ1n) is 7.28. The van der Waals surface area contributed by atoms with Crippen LogP contribution in [0.25, 0.3) is 0 Å². The second-order valence-corrected chi connectivity index (χ2v) is 5.63. The fraction of sp³-hybridized carbons (Fsp3) is 0.500. The predicted octanol–water partition coefficient (Wildman–Crippen LogP) is 2.73. The van der Waals surface area contributed by atoms with Gasteiger partial charge in [0.15, 0.2) is 5.82 Å². The summed E-state index contributed by atoms with van der Waals surface area (Å²) in [7, 11) is 1.90. The number of aryl methyl sites for hydroxylation is 1. The molecule has 1 heterocycles. The van der Waals surface area contributed by atoms with E-state index in [2.05, 4.69) is 59.6 Å². The van der Waals surface area contributed by atoms with E-state index in [0.29, 0.717) is 12.0 Å². The maximum atomic E-state index is 4.31. The summed E-state index contributed by atoms with van der Waals surface area (Å²) in [6.45, 7) is 5.42. The summed E-state index contributed by atoms with van der Waals surface area (Å²) in [5.41, 5.74) is 1.36. The standard InChI is InChI=1S/C16H24N4/c1-13(2)11-15(14-7-5-4-6-8-14)17-10-9-16-18-12-20(3)19-16/h4-8,12-13,15,17H,9-11H2,1-3H3. The highest BCUT2D eigenvalue weighted by atomic mass is 15.3. The second-order valence-electron chi connectivity index (χ2n) is 5.63. The quantitative estimate of drug-likeness (QED) is 0.842.